The number of nitrogens with zero attached hydrogens (tertiary/aromatic N) is 2. The number of piperidine rings is 1. The molecule has 176 valence electrons. The lowest BCUT2D eigenvalue weighted by Crippen LogP contribution is -2.47. The number of amides is 3. The van der Waals surface area contributed by atoms with Gasteiger partial charge in [0.15, 0.2) is 11.6 Å². The molecule has 0 bridgehead atoms. The van der Waals surface area contributed by atoms with Crippen LogP contribution in [0.15, 0.2) is 18.2 Å². The summed E-state index contributed by atoms with van der Waals surface area (Å²) >= 11 is 0. The normalized spacial score (nSPS) is 20.0. The Morgan fingerprint density at radius 2 is 1.97 bits per heavy atom. The number of likely N-dealkylation sites (N-methyl/N-ethyl adjacent to an activating group) is 1. The molecule has 8 nitrogen and oxygen atoms in total. The molecule has 1 atom stereocenters. The van der Waals surface area contributed by atoms with Gasteiger partial charge in [-0.1, -0.05) is 0 Å². The average Bonchev–Trinajstić information content (AvgIpc) is 3.07. The van der Waals surface area contributed by atoms with E-state index in [9.17, 15) is 18.8 Å². The predicted octanol–water partition coefficient (Wildman–Crippen LogP) is 1.83. The molecule has 2 aliphatic rings. The van der Waals surface area contributed by atoms with E-state index in [4.69, 9.17) is 9.47 Å². The minimum absolute atomic E-state index is 0.0142. The van der Waals surface area contributed by atoms with Crippen molar-refractivity contribution in [3.63, 3.8) is 0 Å². The largest absolute Gasteiger partial charge is 0.494 e. The Morgan fingerprint density at radius 3 is 2.56 bits per heavy atom. The first-order valence-corrected chi connectivity index (χ1v) is 11.1. The van der Waals surface area contributed by atoms with Crippen LogP contribution in [-0.4, -0.2) is 80.6 Å². The van der Waals surface area contributed by atoms with Gasteiger partial charge >= 0.3 is 0 Å². The molecule has 1 aromatic carbocycles. The number of ether oxygens (including phenoxy) is 2. The highest BCUT2D eigenvalue weighted by molar-refractivity contribution is 5.96. The van der Waals surface area contributed by atoms with Gasteiger partial charge in [0, 0.05) is 45.5 Å². The van der Waals surface area contributed by atoms with Crippen LogP contribution in [0, 0.1) is 11.2 Å². The van der Waals surface area contributed by atoms with Crippen LogP contribution in [-0.2, 0) is 14.3 Å². The number of carbonyl (C=O) groups is 3. The number of benzene rings is 1. The van der Waals surface area contributed by atoms with Crippen molar-refractivity contribution in [3.05, 3.63) is 29.6 Å². The third kappa shape index (κ3) is 4.72. The standard InChI is InChI=1S/C23H32FN3O5/c1-4-27-18(20(28)25-10-5-13-31-2)15-23(22(27)30)8-11-26(12-9-23)21(29)16-6-7-19(32-3)17(24)14-16/h6-7,14,18H,4-5,8-13,15H2,1-3H3,(H,25,28). The summed E-state index contributed by atoms with van der Waals surface area (Å²) in [4.78, 5) is 42.1. The maximum atomic E-state index is 14.0. The Morgan fingerprint density at radius 1 is 1.25 bits per heavy atom. The van der Waals surface area contributed by atoms with Gasteiger partial charge in [0.05, 0.1) is 12.5 Å². The Bertz CT molecular complexity index is 854. The molecule has 0 saturated carbocycles. The molecule has 2 saturated heterocycles. The quantitative estimate of drug-likeness (QED) is 0.612. The first-order chi connectivity index (χ1) is 15.4. The molecular weight excluding hydrogens is 417 g/mol. The summed E-state index contributed by atoms with van der Waals surface area (Å²) in [5.74, 6) is -0.927. The van der Waals surface area contributed by atoms with Gasteiger partial charge in [-0.15, -0.1) is 0 Å². The first-order valence-electron chi connectivity index (χ1n) is 11.1. The van der Waals surface area contributed by atoms with Crippen LogP contribution >= 0.6 is 0 Å². The van der Waals surface area contributed by atoms with Gasteiger partial charge < -0.3 is 24.6 Å². The molecule has 0 aliphatic carbocycles. The van der Waals surface area contributed by atoms with Crippen LogP contribution < -0.4 is 10.1 Å². The van der Waals surface area contributed by atoms with Crippen molar-refractivity contribution in [1.29, 1.82) is 0 Å². The number of hydrogen-bond acceptors (Lipinski definition) is 5. The summed E-state index contributed by atoms with van der Waals surface area (Å²) in [6.45, 7) is 4.18. The lowest BCUT2D eigenvalue weighted by atomic mass is 9.75. The van der Waals surface area contributed by atoms with E-state index in [-0.39, 0.29) is 29.0 Å². The van der Waals surface area contributed by atoms with Crippen molar-refractivity contribution in [1.82, 2.24) is 15.1 Å². The molecule has 2 heterocycles. The Balaban J connectivity index is 1.64. The van der Waals surface area contributed by atoms with Crippen LogP contribution in [0.1, 0.15) is 43.0 Å². The molecule has 1 aromatic rings. The molecule has 32 heavy (non-hydrogen) atoms. The topological polar surface area (TPSA) is 88.2 Å². The molecule has 9 heteroatoms. The summed E-state index contributed by atoms with van der Waals surface area (Å²) in [5, 5.41) is 2.91. The van der Waals surface area contributed by atoms with Crippen molar-refractivity contribution in [2.75, 3.05) is 47.0 Å². The number of rotatable bonds is 8. The second-order valence-electron chi connectivity index (χ2n) is 8.37. The molecule has 2 fully saturated rings. The number of methoxy groups -OCH3 is 2. The fourth-order valence-electron chi connectivity index (χ4n) is 4.70. The van der Waals surface area contributed by atoms with E-state index in [0.29, 0.717) is 58.5 Å². The number of nitrogens with one attached hydrogen (secondary N) is 1. The Labute approximate surface area is 188 Å². The summed E-state index contributed by atoms with van der Waals surface area (Å²) in [5.41, 5.74) is -0.382. The highest BCUT2D eigenvalue weighted by Crippen LogP contribution is 2.44. The first kappa shape index (κ1) is 24.0. The molecule has 1 spiro atoms. The van der Waals surface area contributed by atoms with E-state index in [1.54, 1.807) is 16.9 Å². The lowest BCUT2D eigenvalue weighted by Gasteiger charge is -2.37. The summed E-state index contributed by atoms with van der Waals surface area (Å²) in [6.07, 6.45) is 2.14. The minimum atomic E-state index is -0.632. The van der Waals surface area contributed by atoms with Gasteiger partial charge in [-0.25, -0.2) is 4.39 Å². The van der Waals surface area contributed by atoms with Gasteiger partial charge in [-0.2, -0.15) is 0 Å². The number of halogens is 1. The smallest absolute Gasteiger partial charge is 0.253 e. The van der Waals surface area contributed by atoms with Crippen LogP contribution in [0.5, 0.6) is 5.75 Å². The maximum Gasteiger partial charge on any atom is 0.253 e. The van der Waals surface area contributed by atoms with Crippen molar-refractivity contribution in [3.8, 4) is 5.75 Å². The summed E-state index contributed by atoms with van der Waals surface area (Å²) < 4.78 is 23.9. The van der Waals surface area contributed by atoms with Gasteiger partial charge in [0.25, 0.3) is 5.91 Å². The second-order valence-corrected chi connectivity index (χ2v) is 8.37. The molecule has 2 aliphatic heterocycles. The fourth-order valence-corrected chi connectivity index (χ4v) is 4.70. The van der Waals surface area contributed by atoms with Crippen LogP contribution in [0.2, 0.25) is 0 Å². The zero-order valence-electron chi connectivity index (χ0n) is 19.0. The van der Waals surface area contributed by atoms with Crippen molar-refractivity contribution < 1.29 is 28.2 Å². The number of likely N-dealkylation sites (tertiary alicyclic amines) is 2. The van der Waals surface area contributed by atoms with Gasteiger partial charge in [-0.3, -0.25) is 14.4 Å². The SMILES string of the molecule is CCN1C(=O)C2(CCN(C(=O)c3ccc(OC)c(F)c3)CC2)CC1C(=O)NCCCOC. The van der Waals surface area contributed by atoms with E-state index in [1.165, 1.54) is 25.3 Å². The van der Waals surface area contributed by atoms with Crippen molar-refractivity contribution in [2.45, 2.75) is 38.6 Å². The van der Waals surface area contributed by atoms with Crippen LogP contribution in [0.4, 0.5) is 4.39 Å². The van der Waals surface area contributed by atoms with Gasteiger partial charge in [-0.05, 0) is 50.8 Å². The third-order valence-corrected chi connectivity index (χ3v) is 6.55. The lowest BCUT2D eigenvalue weighted by molar-refractivity contribution is -0.140. The minimum Gasteiger partial charge on any atom is -0.494 e. The van der Waals surface area contributed by atoms with Gasteiger partial charge in [0.1, 0.15) is 6.04 Å². The monoisotopic (exact) mass is 449 g/mol. The molecule has 1 unspecified atom stereocenters. The van der Waals surface area contributed by atoms with Crippen molar-refractivity contribution in [2.24, 2.45) is 5.41 Å². The second kappa shape index (κ2) is 10.3. The van der Waals surface area contributed by atoms with E-state index < -0.39 is 17.3 Å². The zero-order valence-corrected chi connectivity index (χ0v) is 19.0. The van der Waals surface area contributed by atoms with E-state index in [1.807, 2.05) is 6.92 Å². The molecule has 0 radical (unpaired) electrons. The highest BCUT2D eigenvalue weighted by atomic mass is 19.1. The zero-order chi connectivity index (χ0) is 23.3. The molecule has 1 N–H and O–H groups in total. The average molecular weight is 450 g/mol. The summed E-state index contributed by atoms with van der Waals surface area (Å²) in [7, 11) is 2.98. The maximum absolute atomic E-state index is 14.0. The molecule has 3 amide bonds. The molecular formula is C23H32FN3O5. The number of hydrogen-bond donors (Lipinski definition) is 1. The molecule has 3 rings (SSSR count). The van der Waals surface area contributed by atoms with Crippen LogP contribution in [0.3, 0.4) is 0 Å². The van der Waals surface area contributed by atoms with E-state index in [2.05, 4.69) is 5.32 Å². The molecule has 0 aromatic heterocycles. The van der Waals surface area contributed by atoms with E-state index >= 15 is 0 Å². The van der Waals surface area contributed by atoms with Gasteiger partial charge in [0.2, 0.25) is 11.8 Å². The number of carbonyl (C=O) groups excluding carboxylic acids is 3. The fraction of sp³-hybridized carbons (Fsp3) is 0.609. The Kier molecular flexibility index (Phi) is 7.71. The van der Waals surface area contributed by atoms with Crippen LogP contribution in [0.25, 0.3) is 0 Å². The predicted molar refractivity (Wildman–Crippen MR) is 116 cm³/mol. The third-order valence-electron chi connectivity index (χ3n) is 6.55. The highest BCUT2D eigenvalue weighted by Gasteiger charge is 2.54. The van der Waals surface area contributed by atoms with Crippen molar-refractivity contribution >= 4 is 17.7 Å². The summed E-state index contributed by atoms with van der Waals surface area (Å²) in [6, 6.07) is 3.66. The van der Waals surface area contributed by atoms with E-state index in [0.717, 1.165) is 0 Å². The Hall–Kier alpha value is -2.68.